The number of nitrogens with one attached hydrogen (secondary N) is 2. The van der Waals surface area contributed by atoms with Crippen LogP contribution in [0.25, 0.3) is 0 Å². The minimum atomic E-state index is 0.0143. The van der Waals surface area contributed by atoms with Gasteiger partial charge in [-0.3, -0.25) is 4.79 Å². The molecule has 0 saturated heterocycles. The topological polar surface area (TPSA) is 41.1 Å². The molecule has 1 aliphatic carbocycles. The third-order valence-corrected chi connectivity index (χ3v) is 4.27. The first kappa shape index (κ1) is 15.0. The van der Waals surface area contributed by atoms with E-state index >= 15 is 0 Å². The Kier molecular flexibility index (Phi) is 5.18. The summed E-state index contributed by atoms with van der Waals surface area (Å²) in [6.07, 6.45) is 2.56. The molecule has 0 atom stereocenters. The van der Waals surface area contributed by atoms with Crippen molar-refractivity contribution < 1.29 is 4.79 Å². The monoisotopic (exact) mass is 274 g/mol. The van der Waals surface area contributed by atoms with Crippen LogP contribution in [0.3, 0.4) is 0 Å². The van der Waals surface area contributed by atoms with E-state index < -0.39 is 0 Å². The van der Waals surface area contributed by atoms with Gasteiger partial charge in [0.05, 0.1) is 0 Å². The Hall–Kier alpha value is -1.35. The van der Waals surface area contributed by atoms with E-state index in [0.29, 0.717) is 12.6 Å². The molecule has 3 heteroatoms. The van der Waals surface area contributed by atoms with Gasteiger partial charge in [-0.1, -0.05) is 31.5 Å². The average molecular weight is 274 g/mol. The molecule has 2 N–H and O–H groups in total. The van der Waals surface area contributed by atoms with Crippen LogP contribution in [-0.2, 0) is 0 Å². The van der Waals surface area contributed by atoms with Crippen LogP contribution in [-0.4, -0.2) is 25.0 Å². The summed E-state index contributed by atoms with van der Waals surface area (Å²) in [4.78, 5) is 11.9. The van der Waals surface area contributed by atoms with Gasteiger partial charge in [-0.25, -0.2) is 0 Å². The fourth-order valence-corrected chi connectivity index (χ4v) is 2.63. The van der Waals surface area contributed by atoms with E-state index in [-0.39, 0.29) is 5.91 Å². The SMILES string of the molecule is Cc1ccc(C(=O)NCCNC2CC(C(C)C)C2)cc1. The lowest BCUT2D eigenvalue weighted by Crippen LogP contribution is -2.45. The van der Waals surface area contributed by atoms with E-state index in [2.05, 4.69) is 24.5 Å². The summed E-state index contributed by atoms with van der Waals surface area (Å²) in [5.74, 6) is 1.70. The summed E-state index contributed by atoms with van der Waals surface area (Å²) in [5, 5.41) is 6.46. The molecule has 0 aromatic heterocycles. The highest BCUT2D eigenvalue weighted by atomic mass is 16.1. The number of carbonyl (C=O) groups excluding carboxylic acids is 1. The van der Waals surface area contributed by atoms with Crippen LogP contribution in [0.1, 0.15) is 42.6 Å². The Bertz CT molecular complexity index is 433. The molecule has 2 rings (SSSR count). The fourth-order valence-electron chi connectivity index (χ4n) is 2.63. The molecule has 1 aromatic rings. The van der Waals surface area contributed by atoms with Gasteiger partial charge in [0.2, 0.25) is 0 Å². The molecule has 1 amide bonds. The van der Waals surface area contributed by atoms with Gasteiger partial charge in [0.25, 0.3) is 5.91 Å². The zero-order chi connectivity index (χ0) is 14.5. The first-order valence-electron chi connectivity index (χ1n) is 7.64. The van der Waals surface area contributed by atoms with E-state index in [1.807, 2.05) is 31.2 Å². The molecule has 1 fully saturated rings. The van der Waals surface area contributed by atoms with Gasteiger partial charge in [0.15, 0.2) is 0 Å². The summed E-state index contributed by atoms with van der Waals surface area (Å²) in [6.45, 7) is 8.16. The highest BCUT2D eigenvalue weighted by molar-refractivity contribution is 5.94. The van der Waals surface area contributed by atoms with Gasteiger partial charge in [-0.05, 0) is 43.7 Å². The molecule has 0 bridgehead atoms. The summed E-state index contributed by atoms with van der Waals surface area (Å²) in [6, 6.07) is 8.33. The first-order chi connectivity index (χ1) is 9.56. The lowest BCUT2D eigenvalue weighted by molar-refractivity contribution is 0.0951. The Balaban J connectivity index is 1.60. The molecular weight excluding hydrogens is 248 g/mol. The van der Waals surface area contributed by atoms with E-state index in [9.17, 15) is 4.79 Å². The number of rotatable bonds is 6. The second-order valence-electron chi connectivity index (χ2n) is 6.25. The van der Waals surface area contributed by atoms with Crippen molar-refractivity contribution >= 4 is 5.91 Å². The normalized spacial score (nSPS) is 21.6. The molecule has 0 aliphatic heterocycles. The summed E-state index contributed by atoms with van der Waals surface area (Å²) >= 11 is 0. The Morgan fingerprint density at radius 1 is 1.20 bits per heavy atom. The van der Waals surface area contributed by atoms with Gasteiger partial charge in [-0.2, -0.15) is 0 Å². The van der Waals surface area contributed by atoms with Crippen molar-refractivity contribution in [2.24, 2.45) is 11.8 Å². The lowest BCUT2D eigenvalue weighted by atomic mass is 9.74. The van der Waals surface area contributed by atoms with Crippen molar-refractivity contribution in [3.63, 3.8) is 0 Å². The smallest absolute Gasteiger partial charge is 0.251 e. The molecule has 0 radical (unpaired) electrons. The maximum atomic E-state index is 11.9. The van der Waals surface area contributed by atoms with E-state index in [1.165, 1.54) is 18.4 Å². The van der Waals surface area contributed by atoms with Crippen molar-refractivity contribution in [1.82, 2.24) is 10.6 Å². The van der Waals surface area contributed by atoms with Crippen molar-refractivity contribution in [3.8, 4) is 0 Å². The average Bonchev–Trinajstić information content (AvgIpc) is 2.36. The van der Waals surface area contributed by atoms with Gasteiger partial charge < -0.3 is 10.6 Å². The van der Waals surface area contributed by atoms with Gasteiger partial charge in [-0.15, -0.1) is 0 Å². The van der Waals surface area contributed by atoms with Crippen LogP contribution in [0.2, 0.25) is 0 Å². The quantitative estimate of drug-likeness (QED) is 0.783. The highest BCUT2D eigenvalue weighted by Crippen LogP contribution is 2.33. The lowest BCUT2D eigenvalue weighted by Gasteiger charge is -2.38. The van der Waals surface area contributed by atoms with Crippen molar-refractivity contribution in [1.29, 1.82) is 0 Å². The Morgan fingerprint density at radius 3 is 2.45 bits per heavy atom. The molecule has 0 unspecified atom stereocenters. The van der Waals surface area contributed by atoms with Gasteiger partial charge in [0, 0.05) is 24.7 Å². The molecule has 0 spiro atoms. The van der Waals surface area contributed by atoms with E-state index in [0.717, 1.165) is 23.9 Å². The Morgan fingerprint density at radius 2 is 1.85 bits per heavy atom. The molecule has 1 aromatic carbocycles. The van der Waals surface area contributed by atoms with Crippen molar-refractivity contribution in [2.75, 3.05) is 13.1 Å². The number of benzene rings is 1. The fraction of sp³-hybridized carbons (Fsp3) is 0.588. The van der Waals surface area contributed by atoms with E-state index in [1.54, 1.807) is 0 Å². The van der Waals surface area contributed by atoms with Gasteiger partial charge >= 0.3 is 0 Å². The molecule has 20 heavy (non-hydrogen) atoms. The van der Waals surface area contributed by atoms with Crippen LogP contribution >= 0.6 is 0 Å². The van der Waals surface area contributed by atoms with Crippen LogP contribution in [0.5, 0.6) is 0 Å². The molecular formula is C17H26N2O. The second kappa shape index (κ2) is 6.89. The first-order valence-corrected chi connectivity index (χ1v) is 7.64. The predicted molar refractivity (Wildman–Crippen MR) is 82.9 cm³/mol. The largest absolute Gasteiger partial charge is 0.351 e. The zero-order valence-electron chi connectivity index (χ0n) is 12.8. The van der Waals surface area contributed by atoms with E-state index in [4.69, 9.17) is 0 Å². The number of amides is 1. The number of aryl methyl sites for hydroxylation is 1. The van der Waals surface area contributed by atoms with Crippen molar-refractivity contribution in [3.05, 3.63) is 35.4 Å². The third-order valence-electron chi connectivity index (χ3n) is 4.27. The molecule has 110 valence electrons. The number of carbonyl (C=O) groups is 1. The summed E-state index contributed by atoms with van der Waals surface area (Å²) < 4.78 is 0. The third kappa shape index (κ3) is 4.07. The molecule has 3 nitrogen and oxygen atoms in total. The zero-order valence-corrected chi connectivity index (χ0v) is 12.8. The summed E-state index contributed by atoms with van der Waals surface area (Å²) in [7, 11) is 0. The molecule has 1 saturated carbocycles. The predicted octanol–water partition coefficient (Wildman–Crippen LogP) is 2.75. The summed E-state index contributed by atoms with van der Waals surface area (Å²) in [5.41, 5.74) is 1.91. The minimum absolute atomic E-state index is 0.0143. The number of hydrogen-bond acceptors (Lipinski definition) is 2. The number of hydrogen-bond donors (Lipinski definition) is 2. The Labute approximate surface area is 122 Å². The van der Waals surface area contributed by atoms with Crippen LogP contribution < -0.4 is 10.6 Å². The van der Waals surface area contributed by atoms with Crippen LogP contribution in [0.15, 0.2) is 24.3 Å². The standard InChI is InChI=1S/C17H26N2O/c1-12(2)15-10-16(11-15)18-8-9-19-17(20)14-6-4-13(3)5-7-14/h4-7,12,15-16,18H,8-11H2,1-3H3,(H,19,20). The molecule has 1 aliphatic rings. The van der Waals surface area contributed by atoms with Crippen LogP contribution in [0.4, 0.5) is 0 Å². The van der Waals surface area contributed by atoms with Crippen LogP contribution in [0, 0.1) is 18.8 Å². The second-order valence-corrected chi connectivity index (χ2v) is 6.25. The molecule has 0 heterocycles. The van der Waals surface area contributed by atoms with Gasteiger partial charge in [0.1, 0.15) is 0 Å². The highest BCUT2D eigenvalue weighted by Gasteiger charge is 2.30. The maximum Gasteiger partial charge on any atom is 0.251 e. The van der Waals surface area contributed by atoms with Crippen molar-refractivity contribution in [2.45, 2.75) is 39.7 Å². The minimum Gasteiger partial charge on any atom is -0.351 e. The maximum absolute atomic E-state index is 11.9.